The fraction of sp³-hybridized carbons (Fsp3) is 0.188. The molecule has 4 aliphatic rings. The Morgan fingerprint density at radius 1 is 0.355 bits per heavy atom. The molecule has 2 aromatic heterocycles. The molecule has 12 nitrogen and oxygen atoms in total. The van der Waals surface area contributed by atoms with Crippen molar-refractivity contribution in [3.05, 3.63) is 204 Å². The standard InChI is InChI=1S/C64H60N10O2/c1-41-43(3)59(33-63(45(41)5)75-51-17-13-15-49(31-51)69-37-67(7)61-35-65-29-27-57(61)69)73-39-71(53-19-9-11-21-55(53)73)47-23-25-48(26-24-47)72-40-74(56-22-12-10-20-54(56)72)60-34-64(46(6)42(2)44(60)4)76-52-18-14-16-50(32-52)70-38-68(8)62-36-66-30-28-58(62)70/h9-36H,37-40H2,1-8H3/i7D3. The smallest absolute Gasteiger partial charge is 0.132 e. The Labute approximate surface area is 449 Å². The van der Waals surface area contributed by atoms with Gasteiger partial charge in [0.05, 0.1) is 71.2 Å². The highest BCUT2D eigenvalue weighted by Crippen LogP contribution is 2.51. The van der Waals surface area contributed by atoms with Crippen molar-refractivity contribution in [2.24, 2.45) is 0 Å². The minimum Gasteiger partial charge on any atom is -0.457 e. The normalized spacial score (nSPS) is 15.2. The van der Waals surface area contributed by atoms with Crippen molar-refractivity contribution >= 4 is 79.6 Å². The molecule has 9 aromatic rings. The summed E-state index contributed by atoms with van der Waals surface area (Å²) in [4.78, 5) is 26.1. The van der Waals surface area contributed by atoms with Crippen LogP contribution >= 0.6 is 0 Å². The first kappa shape index (κ1) is 43.3. The Hall–Kier alpha value is -9.16. The average molecular weight is 1000 g/mol. The summed E-state index contributed by atoms with van der Waals surface area (Å²) in [6.45, 7) is 12.8. The Morgan fingerprint density at radius 2 is 0.750 bits per heavy atom. The number of aromatic nitrogens is 2. The fourth-order valence-electron chi connectivity index (χ4n) is 11.4. The number of pyridine rings is 2. The molecular weight excluding hydrogens is 941 g/mol. The second-order valence-electron chi connectivity index (χ2n) is 20.2. The third-order valence-corrected chi connectivity index (χ3v) is 16.0. The molecule has 0 fully saturated rings. The first-order valence-corrected chi connectivity index (χ1v) is 25.8. The van der Waals surface area contributed by atoms with Gasteiger partial charge in [-0.3, -0.25) is 9.97 Å². The van der Waals surface area contributed by atoms with Crippen LogP contribution in [0, 0.1) is 41.5 Å². The number of anilines is 14. The molecule has 6 heterocycles. The maximum absolute atomic E-state index is 8.20. The first-order valence-electron chi connectivity index (χ1n) is 27.3. The molecule has 378 valence electrons. The van der Waals surface area contributed by atoms with Crippen LogP contribution in [-0.2, 0) is 0 Å². The zero-order valence-corrected chi connectivity index (χ0v) is 43.8. The lowest BCUT2D eigenvalue weighted by Gasteiger charge is -2.27. The van der Waals surface area contributed by atoms with Crippen LogP contribution in [0.2, 0.25) is 0 Å². The molecule has 0 saturated heterocycles. The van der Waals surface area contributed by atoms with Crippen LogP contribution in [0.5, 0.6) is 23.0 Å². The topological polar surface area (TPSA) is 70.2 Å². The van der Waals surface area contributed by atoms with Crippen molar-refractivity contribution in [2.45, 2.75) is 41.5 Å². The predicted octanol–water partition coefficient (Wildman–Crippen LogP) is 15.5. The van der Waals surface area contributed by atoms with Crippen molar-refractivity contribution in [3.8, 4) is 23.0 Å². The third kappa shape index (κ3) is 7.73. The maximum Gasteiger partial charge on any atom is 0.132 e. The lowest BCUT2D eigenvalue weighted by Crippen LogP contribution is -2.26. The van der Waals surface area contributed by atoms with Gasteiger partial charge in [0.2, 0.25) is 0 Å². The predicted molar refractivity (Wildman–Crippen MR) is 311 cm³/mol. The number of ether oxygens (including phenoxy) is 2. The highest BCUT2D eigenvalue weighted by Gasteiger charge is 2.33. The van der Waals surface area contributed by atoms with Crippen LogP contribution in [0.3, 0.4) is 0 Å². The Balaban J connectivity index is 0.757. The average Bonchev–Trinajstić information content (AvgIpc) is 4.43. The van der Waals surface area contributed by atoms with Crippen LogP contribution < -0.4 is 48.7 Å². The first-order chi connectivity index (χ1) is 38.2. The molecular formula is C64H60N10O2. The van der Waals surface area contributed by atoms with E-state index < -0.39 is 6.98 Å². The molecule has 13 rings (SSSR count). The number of rotatable bonds is 10. The van der Waals surface area contributed by atoms with Gasteiger partial charge in [-0.25, -0.2) is 0 Å². The van der Waals surface area contributed by atoms with E-state index in [9.17, 15) is 0 Å². The van der Waals surface area contributed by atoms with E-state index in [2.05, 4.69) is 197 Å². The molecule has 7 aromatic carbocycles. The molecule has 0 N–H and O–H groups in total. The maximum atomic E-state index is 8.20. The van der Waals surface area contributed by atoms with E-state index in [1.165, 1.54) is 21.6 Å². The fourth-order valence-corrected chi connectivity index (χ4v) is 11.4. The van der Waals surface area contributed by atoms with Gasteiger partial charge in [0.25, 0.3) is 0 Å². The molecule has 76 heavy (non-hydrogen) atoms. The van der Waals surface area contributed by atoms with E-state index >= 15 is 0 Å². The second-order valence-corrected chi connectivity index (χ2v) is 20.2. The monoisotopic (exact) mass is 1000 g/mol. The summed E-state index contributed by atoms with van der Waals surface area (Å²) in [6, 6.07) is 50.7. The van der Waals surface area contributed by atoms with Crippen molar-refractivity contribution in [1.82, 2.24) is 9.97 Å². The third-order valence-electron chi connectivity index (χ3n) is 16.0. The van der Waals surface area contributed by atoms with Gasteiger partial charge in [0.1, 0.15) is 36.3 Å². The number of para-hydroxylation sites is 4. The van der Waals surface area contributed by atoms with Crippen molar-refractivity contribution in [2.75, 3.05) is 79.9 Å². The van der Waals surface area contributed by atoms with Crippen LogP contribution in [0.25, 0.3) is 0 Å². The summed E-state index contributed by atoms with van der Waals surface area (Å²) >= 11 is 0. The number of hydrogen-bond donors (Lipinski definition) is 0. The quantitative estimate of drug-likeness (QED) is 0.131. The summed E-state index contributed by atoms with van der Waals surface area (Å²) in [5.41, 5.74) is 21.3. The van der Waals surface area contributed by atoms with Gasteiger partial charge in [-0.05, 0) is 160 Å². The number of benzene rings is 7. The van der Waals surface area contributed by atoms with Gasteiger partial charge in [0, 0.05) is 88.9 Å². The van der Waals surface area contributed by atoms with Crippen LogP contribution in [0.15, 0.2) is 170 Å². The van der Waals surface area contributed by atoms with Crippen molar-refractivity contribution < 1.29 is 13.6 Å². The van der Waals surface area contributed by atoms with Crippen LogP contribution in [0.4, 0.5) is 79.6 Å². The van der Waals surface area contributed by atoms with Gasteiger partial charge in [-0.2, -0.15) is 0 Å². The van der Waals surface area contributed by atoms with E-state index in [-0.39, 0.29) is 6.67 Å². The highest BCUT2D eigenvalue weighted by molar-refractivity contribution is 5.91. The molecule has 0 aliphatic carbocycles. The molecule has 0 bridgehead atoms. The van der Waals surface area contributed by atoms with Crippen molar-refractivity contribution in [3.63, 3.8) is 0 Å². The summed E-state index contributed by atoms with van der Waals surface area (Å²) in [5, 5.41) is 0. The van der Waals surface area contributed by atoms with E-state index in [1.54, 1.807) is 12.4 Å². The van der Waals surface area contributed by atoms with Gasteiger partial charge < -0.3 is 48.7 Å². The Morgan fingerprint density at radius 3 is 1.20 bits per heavy atom. The lowest BCUT2D eigenvalue weighted by molar-refractivity contribution is 0.478. The highest BCUT2D eigenvalue weighted by atomic mass is 16.5. The van der Waals surface area contributed by atoms with Crippen molar-refractivity contribution in [1.29, 1.82) is 0 Å². The van der Waals surface area contributed by atoms with Crippen LogP contribution in [-0.4, -0.2) is 50.7 Å². The molecule has 0 spiro atoms. The van der Waals surface area contributed by atoms with E-state index in [0.717, 1.165) is 115 Å². The second kappa shape index (κ2) is 18.3. The Kier molecular flexibility index (Phi) is 10.4. The van der Waals surface area contributed by atoms with Gasteiger partial charge in [-0.1, -0.05) is 36.4 Å². The SMILES string of the molecule is [2H]C([2H])([2H])N1CN(c2cccc(Oc3cc(N4CN(c5ccc(N6CN(c7cc(Oc8cccc(N9CN(C)c%10cnccc%109)c8)c(C)c(C)c7C)c7ccccc76)cc5)c5ccccc54)c(C)c(C)c3C)c2)c2ccncc21. The number of nitrogens with zero attached hydrogens (tertiary/aromatic N) is 10. The summed E-state index contributed by atoms with van der Waals surface area (Å²) in [7, 11) is 2.09. The van der Waals surface area contributed by atoms with Crippen LogP contribution in [0.1, 0.15) is 37.5 Å². The van der Waals surface area contributed by atoms with E-state index in [0.29, 0.717) is 24.8 Å². The largest absolute Gasteiger partial charge is 0.457 e. The molecule has 0 saturated carbocycles. The van der Waals surface area contributed by atoms with Gasteiger partial charge in [0.15, 0.2) is 0 Å². The lowest BCUT2D eigenvalue weighted by atomic mass is 10.0. The number of hydrogen-bond acceptors (Lipinski definition) is 12. The molecule has 0 atom stereocenters. The van der Waals surface area contributed by atoms with E-state index in [1.807, 2.05) is 53.7 Å². The van der Waals surface area contributed by atoms with E-state index in [4.69, 9.17) is 13.6 Å². The molecule has 4 aliphatic heterocycles. The zero-order valence-electron chi connectivity index (χ0n) is 46.8. The summed E-state index contributed by atoms with van der Waals surface area (Å²) in [6.07, 6.45) is 7.07. The molecule has 0 unspecified atom stereocenters. The molecule has 0 radical (unpaired) electrons. The molecule has 0 amide bonds. The minimum absolute atomic E-state index is 0.168. The summed E-state index contributed by atoms with van der Waals surface area (Å²) in [5.74, 6) is 3.02. The number of fused-ring (bicyclic) bond motifs is 4. The molecule has 12 heteroatoms. The van der Waals surface area contributed by atoms with Gasteiger partial charge >= 0.3 is 0 Å². The zero-order chi connectivity index (χ0) is 54.4. The summed E-state index contributed by atoms with van der Waals surface area (Å²) < 4.78 is 38.2. The Bertz CT molecular complexity index is 3870. The van der Waals surface area contributed by atoms with Gasteiger partial charge in [-0.15, -0.1) is 0 Å². The minimum atomic E-state index is -2.32.